The van der Waals surface area contributed by atoms with Crippen LogP contribution in [0.1, 0.15) is 50.8 Å². The van der Waals surface area contributed by atoms with Crippen molar-refractivity contribution in [3.63, 3.8) is 0 Å². The quantitative estimate of drug-likeness (QED) is 0.869. The predicted octanol–water partition coefficient (Wildman–Crippen LogP) is 2.95. The van der Waals surface area contributed by atoms with Gasteiger partial charge in [-0.15, -0.1) is 0 Å². The van der Waals surface area contributed by atoms with Crippen LogP contribution >= 0.6 is 0 Å². The highest BCUT2D eigenvalue weighted by Gasteiger charge is 2.27. The van der Waals surface area contributed by atoms with Crippen LogP contribution in [0.5, 0.6) is 0 Å². The van der Waals surface area contributed by atoms with Crippen LogP contribution in [-0.4, -0.2) is 17.0 Å². The molecule has 17 heavy (non-hydrogen) atoms. The van der Waals surface area contributed by atoms with Crippen LogP contribution in [0.4, 0.5) is 0 Å². The third-order valence-corrected chi connectivity index (χ3v) is 4.15. The van der Waals surface area contributed by atoms with Crippen LogP contribution < -0.4 is 5.32 Å². The Morgan fingerprint density at radius 3 is 2.59 bits per heavy atom. The number of nitrogens with one attached hydrogen (secondary N) is 1. The average Bonchev–Trinajstić information content (AvgIpc) is 2.42. The van der Waals surface area contributed by atoms with Gasteiger partial charge in [0, 0.05) is 18.6 Å². The minimum atomic E-state index is 0.376. The van der Waals surface area contributed by atoms with Gasteiger partial charge in [0.2, 0.25) is 0 Å². The summed E-state index contributed by atoms with van der Waals surface area (Å²) in [5.41, 5.74) is 1.09. The fourth-order valence-corrected chi connectivity index (χ4v) is 3.03. The molecule has 1 N–H and O–H groups in total. The molecular formula is C14H23N3. The molecule has 1 saturated carbocycles. The first-order valence-electron chi connectivity index (χ1n) is 6.78. The largest absolute Gasteiger partial charge is 0.311 e. The van der Waals surface area contributed by atoms with Gasteiger partial charge in [-0.3, -0.25) is 9.97 Å². The Kier molecular flexibility index (Phi) is 4.49. The summed E-state index contributed by atoms with van der Waals surface area (Å²) in [7, 11) is 2.03. The Labute approximate surface area is 104 Å². The fourth-order valence-electron chi connectivity index (χ4n) is 3.03. The molecule has 1 aliphatic carbocycles. The topological polar surface area (TPSA) is 37.8 Å². The van der Waals surface area contributed by atoms with Crippen molar-refractivity contribution in [2.45, 2.75) is 45.1 Å². The van der Waals surface area contributed by atoms with Crippen LogP contribution in [0.15, 0.2) is 18.6 Å². The first kappa shape index (κ1) is 12.5. The van der Waals surface area contributed by atoms with Crippen molar-refractivity contribution in [1.29, 1.82) is 0 Å². The summed E-state index contributed by atoms with van der Waals surface area (Å²) in [5, 5.41) is 3.42. The Morgan fingerprint density at radius 2 is 2.06 bits per heavy atom. The molecule has 1 aromatic rings. The zero-order chi connectivity index (χ0) is 12.1. The molecule has 94 valence electrons. The van der Waals surface area contributed by atoms with Gasteiger partial charge in [-0.2, -0.15) is 0 Å². The Bertz CT molecular complexity index is 317. The summed E-state index contributed by atoms with van der Waals surface area (Å²) in [6.45, 7) is 2.31. The van der Waals surface area contributed by atoms with E-state index >= 15 is 0 Å². The number of hydrogen-bond acceptors (Lipinski definition) is 3. The molecule has 0 saturated heterocycles. The van der Waals surface area contributed by atoms with Crippen molar-refractivity contribution in [3.05, 3.63) is 24.3 Å². The molecule has 1 atom stereocenters. The lowest BCUT2D eigenvalue weighted by Gasteiger charge is -2.33. The SMILES string of the molecule is CCC1CCC(C(NC)c2cnccn2)CC1. The van der Waals surface area contributed by atoms with E-state index in [0.29, 0.717) is 6.04 Å². The summed E-state index contributed by atoms with van der Waals surface area (Å²) in [4.78, 5) is 8.62. The minimum absolute atomic E-state index is 0.376. The van der Waals surface area contributed by atoms with E-state index in [2.05, 4.69) is 22.2 Å². The maximum absolute atomic E-state index is 4.44. The second kappa shape index (κ2) is 6.10. The van der Waals surface area contributed by atoms with Crippen molar-refractivity contribution in [1.82, 2.24) is 15.3 Å². The van der Waals surface area contributed by atoms with Crippen LogP contribution in [0, 0.1) is 11.8 Å². The van der Waals surface area contributed by atoms with Crippen molar-refractivity contribution < 1.29 is 0 Å². The molecular weight excluding hydrogens is 210 g/mol. The second-order valence-electron chi connectivity index (χ2n) is 5.09. The van der Waals surface area contributed by atoms with Crippen LogP contribution in [0.25, 0.3) is 0 Å². The minimum Gasteiger partial charge on any atom is -0.311 e. The summed E-state index contributed by atoms with van der Waals surface area (Å²) in [6, 6.07) is 0.376. The molecule has 1 fully saturated rings. The van der Waals surface area contributed by atoms with E-state index in [9.17, 15) is 0 Å². The highest BCUT2D eigenvalue weighted by atomic mass is 14.9. The summed E-state index contributed by atoms with van der Waals surface area (Å²) >= 11 is 0. The summed E-state index contributed by atoms with van der Waals surface area (Å²) < 4.78 is 0. The van der Waals surface area contributed by atoms with Gasteiger partial charge in [0.1, 0.15) is 0 Å². The maximum Gasteiger partial charge on any atom is 0.0758 e. The maximum atomic E-state index is 4.44. The molecule has 2 rings (SSSR count). The van der Waals surface area contributed by atoms with E-state index in [-0.39, 0.29) is 0 Å². The molecule has 3 nitrogen and oxygen atoms in total. The Balaban J connectivity index is 2.00. The molecule has 0 amide bonds. The molecule has 0 bridgehead atoms. The lowest BCUT2D eigenvalue weighted by molar-refractivity contribution is 0.221. The molecule has 1 unspecified atom stereocenters. The smallest absolute Gasteiger partial charge is 0.0758 e. The molecule has 0 spiro atoms. The van der Waals surface area contributed by atoms with Gasteiger partial charge in [0.15, 0.2) is 0 Å². The van der Waals surface area contributed by atoms with E-state index in [0.717, 1.165) is 17.5 Å². The third kappa shape index (κ3) is 3.03. The van der Waals surface area contributed by atoms with Crippen LogP contribution in [-0.2, 0) is 0 Å². The first-order chi connectivity index (χ1) is 8.35. The van der Waals surface area contributed by atoms with Gasteiger partial charge in [0.05, 0.1) is 11.7 Å². The molecule has 0 radical (unpaired) electrons. The van der Waals surface area contributed by atoms with Gasteiger partial charge in [0.25, 0.3) is 0 Å². The van der Waals surface area contributed by atoms with E-state index in [1.54, 1.807) is 12.4 Å². The predicted molar refractivity (Wildman–Crippen MR) is 69.6 cm³/mol. The number of hydrogen-bond donors (Lipinski definition) is 1. The summed E-state index contributed by atoms with van der Waals surface area (Å²) in [5.74, 6) is 1.67. The van der Waals surface area contributed by atoms with Crippen LogP contribution in [0.2, 0.25) is 0 Å². The van der Waals surface area contributed by atoms with E-state index in [1.807, 2.05) is 13.2 Å². The zero-order valence-electron chi connectivity index (χ0n) is 10.9. The van der Waals surface area contributed by atoms with E-state index in [1.165, 1.54) is 32.1 Å². The summed E-state index contributed by atoms with van der Waals surface area (Å²) in [6.07, 6.45) is 12.1. The molecule has 1 aromatic heterocycles. The molecule has 1 aliphatic rings. The number of aromatic nitrogens is 2. The lowest BCUT2D eigenvalue weighted by atomic mass is 9.77. The van der Waals surface area contributed by atoms with Crippen molar-refractivity contribution >= 4 is 0 Å². The highest BCUT2D eigenvalue weighted by molar-refractivity contribution is 5.04. The molecule has 1 heterocycles. The number of nitrogens with zero attached hydrogens (tertiary/aromatic N) is 2. The molecule has 0 aliphatic heterocycles. The van der Waals surface area contributed by atoms with E-state index < -0.39 is 0 Å². The third-order valence-electron chi connectivity index (χ3n) is 4.15. The van der Waals surface area contributed by atoms with Gasteiger partial charge in [-0.1, -0.05) is 26.2 Å². The second-order valence-corrected chi connectivity index (χ2v) is 5.09. The average molecular weight is 233 g/mol. The van der Waals surface area contributed by atoms with Crippen LogP contribution in [0.3, 0.4) is 0 Å². The van der Waals surface area contributed by atoms with Crippen molar-refractivity contribution in [3.8, 4) is 0 Å². The Hall–Kier alpha value is -0.960. The fraction of sp³-hybridized carbons (Fsp3) is 0.714. The van der Waals surface area contributed by atoms with E-state index in [4.69, 9.17) is 0 Å². The normalized spacial score (nSPS) is 26.7. The highest BCUT2D eigenvalue weighted by Crippen LogP contribution is 2.36. The molecule has 0 aromatic carbocycles. The van der Waals surface area contributed by atoms with Gasteiger partial charge in [-0.25, -0.2) is 0 Å². The monoisotopic (exact) mass is 233 g/mol. The van der Waals surface area contributed by atoms with Gasteiger partial charge in [-0.05, 0) is 31.7 Å². The van der Waals surface area contributed by atoms with Gasteiger partial charge < -0.3 is 5.32 Å². The lowest BCUT2D eigenvalue weighted by Crippen LogP contribution is -2.29. The first-order valence-corrected chi connectivity index (χ1v) is 6.78. The zero-order valence-corrected chi connectivity index (χ0v) is 10.9. The number of rotatable bonds is 4. The molecule has 3 heteroatoms. The van der Waals surface area contributed by atoms with Crippen molar-refractivity contribution in [2.75, 3.05) is 7.05 Å². The van der Waals surface area contributed by atoms with Gasteiger partial charge >= 0.3 is 0 Å². The standard InChI is InChI=1S/C14H23N3/c1-3-11-4-6-12(7-5-11)14(15-2)13-10-16-8-9-17-13/h8-12,14-15H,3-7H2,1-2H3. The van der Waals surface area contributed by atoms with Crippen molar-refractivity contribution in [2.24, 2.45) is 11.8 Å². The Morgan fingerprint density at radius 1 is 1.29 bits per heavy atom.